The molecular formula is C15H11Br2N. The van der Waals surface area contributed by atoms with Crippen LogP contribution in [0.5, 0.6) is 0 Å². The zero-order chi connectivity index (χ0) is 13.0. The Morgan fingerprint density at radius 2 is 1.89 bits per heavy atom. The first-order valence-electron chi connectivity index (χ1n) is 5.43. The Balaban J connectivity index is 2.07. The Kier molecular flexibility index (Phi) is 4.46. The van der Waals surface area contributed by atoms with Crippen LogP contribution in [-0.2, 0) is 6.54 Å². The monoisotopic (exact) mass is 363 g/mol. The van der Waals surface area contributed by atoms with Crippen molar-refractivity contribution in [2.75, 3.05) is 5.32 Å². The van der Waals surface area contributed by atoms with Crippen molar-refractivity contribution in [3.63, 3.8) is 0 Å². The molecule has 0 saturated carbocycles. The van der Waals surface area contributed by atoms with Crippen molar-refractivity contribution in [3.05, 3.63) is 62.5 Å². The van der Waals surface area contributed by atoms with Gasteiger partial charge in [0.25, 0.3) is 0 Å². The maximum atomic E-state index is 5.37. The highest BCUT2D eigenvalue weighted by Gasteiger charge is 1.99. The van der Waals surface area contributed by atoms with E-state index in [1.54, 1.807) is 0 Å². The average molecular weight is 365 g/mol. The van der Waals surface area contributed by atoms with Gasteiger partial charge in [-0.05, 0) is 67.8 Å². The molecule has 0 aliphatic heterocycles. The molecule has 0 spiro atoms. The van der Waals surface area contributed by atoms with Gasteiger partial charge in [-0.25, -0.2) is 0 Å². The number of hydrogen-bond acceptors (Lipinski definition) is 1. The smallest absolute Gasteiger partial charge is 0.0401 e. The lowest BCUT2D eigenvalue weighted by Crippen LogP contribution is -1.99. The second-order valence-electron chi connectivity index (χ2n) is 3.83. The van der Waals surface area contributed by atoms with Crippen LogP contribution >= 0.6 is 31.9 Å². The van der Waals surface area contributed by atoms with E-state index in [2.05, 4.69) is 55.2 Å². The Morgan fingerprint density at radius 3 is 2.61 bits per heavy atom. The van der Waals surface area contributed by atoms with Crippen LogP contribution in [0.25, 0.3) is 0 Å². The maximum Gasteiger partial charge on any atom is 0.0401 e. The highest BCUT2D eigenvalue weighted by Crippen LogP contribution is 2.24. The van der Waals surface area contributed by atoms with Crippen LogP contribution in [0.3, 0.4) is 0 Å². The molecule has 2 aromatic rings. The van der Waals surface area contributed by atoms with Crippen LogP contribution in [-0.4, -0.2) is 0 Å². The molecule has 3 heteroatoms. The van der Waals surface area contributed by atoms with E-state index in [4.69, 9.17) is 6.42 Å². The number of anilines is 1. The third-order valence-corrected chi connectivity index (χ3v) is 4.39. The minimum atomic E-state index is 0.764. The molecule has 0 fully saturated rings. The summed E-state index contributed by atoms with van der Waals surface area (Å²) in [4.78, 5) is 0. The molecule has 0 atom stereocenters. The third-order valence-electron chi connectivity index (χ3n) is 2.51. The van der Waals surface area contributed by atoms with E-state index in [1.807, 2.05) is 30.3 Å². The molecule has 2 aromatic carbocycles. The van der Waals surface area contributed by atoms with Crippen molar-refractivity contribution in [2.45, 2.75) is 6.54 Å². The SMILES string of the molecule is C#Cc1cccc(NCc2ccc(Br)c(Br)c2)c1. The quantitative estimate of drug-likeness (QED) is 0.771. The van der Waals surface area contributed by atoms with Crippen LogP contribution in [0, 0.1) is 12.3 Å². The molecule has 0 aliphatic carbocycles. The van der Waals surface area contributed by atoms with Crippen molar-refractivity contribution < 1.29 is 0 Å². The van der Waals surface area contributed by atoms with Gasteiger partial charge in [0, 0.05) is 26.7 Å². The summed E-state index contributed by atoms with van der Waals surface area (Å²) in [7, 11) is 0. The van der Waals surface area contributed by atoms with E-state index in [0.717, 1.165) is 26.7 Å². The van der Waals surface area contributed by atoms with Gasteiger partial charge < -0.3 is 5.32 Å². The molecule has 1 nitrogen and oxygen atoms in total. The number of rotatable bonds is 3. The third kappa shape index (κ3) is 3.38. The fourth-order valence-corrected chi connectivity index (χ4v) is 2.25. The molecule has 2 rings (SSSR count). The fourth-order valence-electron chi connectivity index (χ4n) is 1.57. The van der Waals surface area contributed by atoms with Crippen LogP contribution in [0.1, 0.15) is 11.1 Å². The Bertz CT molecular complexity index is 600. The molecule has 0 radical (unpaired) electrons. The van der Waals surface area contributed by atoms with Crippen LogP contribution in [0.4, 0.5) is 5.69 Å². The first kappa shape index (κ1) is 13.2. The molecule has 1 N–H and O–H groups in total. The number of terminal acetylenes is 1. The summed E-state index contributed by atoms with van der Waals surface area (Å²) in [5.74, 6) is 2.63. The van der Waals surface area contributed by atoms with Gasteiger partial charge in [0.1, 0.15) is 0 Å². The van der Waals surface area contributed by atoms with E-state index in [0.29, 0.717) is 0 Å². The summed E-state index contributed by atoms with van der Waals surface area (Å²) in [5.41, 5.74) is 3.12. The van der Waals surface area contributed by atoms with E-state index < -0.39 is 0 Å². The van der Waals surface area contributed by atoms with Gasteiger partial charge in [-0.15, -0.1) is 6.42 Å². The van der Waals surface area contributed by atoms with Crippen LogP contribution in [0.15, 0.2) is 51.4 Å². The van der Waals surface area contributed by atoms with Gasteiger partial charge in [0.2, 0.25) is 0 Å². The van der Waals surface area contributed by atoms with Gasteiger partial charge in [0.05, 0.1) is 0 Å². The molecule has 0 amide bonds. The average Bonchev–Trinajstić information content (AvgIpc) is 2.40. The van der Waals surface area contributed by atoms with Crippen molar-refractivity contribution in [1.29, 1.82) is 0 Å². The summed E-state index contributed by atoms with van der Waals surface area (Å²) in [5, 5.41) is 3.35. The molecule has 0 unspecified atom stereocenters. The minimum absolute atomic E-state index is 0.764. The van der Waals surface area contributed by atoms with Crippen LogP contribution < -0.4 is 5.32 Å². The summed E-state index contributed by atoms with van der Waals surface area (Å²) in [6, 6.07) is 14.0. The zero-order valence-electron chi connectivity index (χ0n) is 9.58. The predicted octanol–water partition coefficient (Wildman–Crippen LogP) is 4.81. The Hall–Kier alpha value is -1.24. The normalized spacial score (nSPS) is 9.83. The number of halogens is 2. The standard InChI is InChI=1S/C15H11Br2N/c1-2-11-4-3-5-13(8-11)18-10-12-6-7-14(16)15(17)9-12/h1,3-9,18H,10H2. The van der Waals surface area contributed by atoms with Gasteiger partial charge in [-0.2, -0.15) is 0 Å². The zero-order valence-corrected chi connectivity index (χ0v) is 12.8. The molecular weight excluding hydrogens is 354 g/mol. The molecule has 18 heavy (non-hydrogen) atoms. The summed E-state index contributed by atoms with van der Waals surface area (Å²) >= 11 is 6.95. The van der Waals surface area contributed by atoms with Gasteiger partial charge in [-0.3, -0.25) is 0 Å². The van der Waals surface area contributed by atoms with Crippen molar-refractivity contribution >= 4 is 37.5 Å². The lowest BCUT2D eigenvalue weighted by molar-refractivity contribution is 1.14. The largest absolute Gasteiger partial charge is 0.381 e. The van der Waals surface area contributed by atoms with Gasteiger partial charge in [-0.1, -0.05) is 18.1 Å². The molecule has 0 heterocycles. The van der Waals surface area contributed by atoms with E-state index in [-0.39, 0.29) is 0 Å². The Labute approximate surface area is 124 Å². The fraction of sp³-hybridized carbons (Fsp3) is 0.0667. The molecule has 0 aromatic heterocycles. The summed E-state index contributed by atoms with van der Waals surface area (Å²) in [6.07, 6.45) is 5.37. The molecule has 0 bridgehead atoms. The van der Waals surface area contributed by atoms with Crippen molar-refractivity contribution in [2.24, 2.45) is 0 Å². The Morgan fingerprint density at radius 1 is 1.06 bits per heavy atom. The first-order chi connectivity index (χ1) is 8.69. The lowest BCUT2D eigenvalue weighted by Gasteiger charge is -2.08. The second-order valence-corrected chi connectivity index (χ2v) is 5.54. The number of benzene rings is 2. The summed E-state index contributed by atoms with van der Waals surface area (Å²) in [6.45, 7) is 0.764. The summed E-state index contributed by atoms with van der Waals surface area (Å²) < 4.78 is 2.11. The first-order valence-corrected chi connectivity index (χ1v) is 7.02. The highest BCUT2D eigenvalue weighted by molar-refractivity contribution is 9.13. The molecule has 0 aliphatic rings. The van der Waals surface area contributed by atoms with Gasteiger partial charge >= 0.3 is 0 Å². The lowest BCUT2D eigenvalue weighted by atomic mass is 10.2. The van der Waals surface area contributed by atoms with Gasteiger partial charge in [0.15, 0.2) is 0 Å². The molecule has 0 saturated heterocycles. The van der Waals surface area contributed by atoms with E-state index >= 15 is 0 Å². The highest BCUT2D eigenvalue weighted by atomic mass is 79.9. The predicted molar refractivity (Wildman–Crippen MR) is 83.5 cm³/mol. The number of nitrogens with one attached hydrogen (secondary N) is 1. The number of hydrogen-bond donors (Lipinski definition) is 1. The minimum Gasteiger partial charge on any atom is -0.381 e. The van der Waals surface area contributed by atoms with Crippen molar-refractivity contribution in [3.8, 4) is 12.3 Å². The van der Waals surface area contributed by atoms with E-state index in [9.17, 15) is 0 Å². The van der Waals surface area contributed by atoms with Crippen LogP contribution in [0.2, 0.25) is 0 Å². The topological polar surface area (TPSA) is 12.0 Å². The van der Waals surface area contributed by atoms with Crippen molar-refractivity contribution in [1.82, 2.24) is 0 Å². The molecule has 90 valence electrons. The second kappa shape index (κ2) is 6.08. The maximum absolute atomic E-state index is 5.37. The van der Waals surface area contributed by atoms with E-state index in [1.165, 1.54) is 5.56 Å².